The van der Waals surface area contributed by atoms with E-state index in [0.29, 0.717) is 45.5 Å². The summed E-state index contributed by atoms with van der Waals surface area (Å²) in [6.07, 6.45) is 7.54. The van der Waals surface area contributed by atoms with Gasteiger partial charge in [-0.2, -0.15) is 0 Å². The van der Waals surface area contributed by atoms with Crippen LogP contribution in [-0.4, -0.2) is 31.6 Å². The number of nitrogens with one attached hydrogen (secondary N) is 1. The first-order valence-corrected chi connectivity index (χ1v) is 13.7. The van der Waals surface area contributed by atoms with Gasteiger partial charge in [0.25, 0.3) is 11.5 Å². The molecule has 0 saturated heterocycles. The first-order valence-electron chi connectivity index (χ1n) is 12.8. The van der Waals surface area contributed by atoms with Crippen LogP contribution in [0.1, 0.15) is 51.7 Å². The van der Waals surface area contributed by atoms with Crippen LogP contribution in [0.15, 0.2) is 88.4 Å². The molecule has 4 heterocycles. The van der Waals surface area contributed by atoms with E-state index in [0.717, 1.165) is 4.88 Å². The van der Waals surface area contributed by atoms with Gasteiger partial charge in [0.05, 0.1) is 39.9 Å². The lowest BCUT2D eigenvalue weighted by molar-refractivity contribution is 0.0934. The monoisotopic (exact) mass is 557 g/mol. The third-order valence-electron chi connectivity index (χ3n) is 6.56. The molecule has 10 heteroatoms. The van der Waals surface area contributed by atoms with Gasteiger partial charge in [0, 0.05) is 29.6 Å². The van der Waals surface area contributed by atoms with E-state index in [4.69, 9.17) is 5.73 Å². The summed E-state index contributed by atoms with van der Waals surface area (Å²) in [5.41, 5.74) is 10.5. The molecule has 9 nitrogen and oxygen atoms in total. The Bertz CT molecular complexity index is 1970. The highest BCUT2D eigenvalue weighted by molar-refractivity contribution is 7.10. The first-order chi connectivity index (χ1) is 20.0. The number of para-hydroxylation sites is 1. The Morgan fingerprint density at radius 2 is 1.98 bits per heavy atom. The number of carbonyl (C=O) groups is 1. The molecule has 41 heavy (non-hydrogen) atoms. The molecule has 3 N–H and O–H groups in total. The van der Waals surface area contributed by atoms with Crippen LogP contribution in [0.2, 0.25) is 0 Å². The highest BCUT2D eigenvalue weighted by Gasteiger charge is 2.22. The molecule has 0 spiro atoms. The molecule has 2 aromatic carbocycles. The Morgan fingerprint density at radius 3 is 2.73 bits per heavy atom. The number of rotatable bonds is 5. The average Bonchev–Trinajstić information content (AvgIpc) is 3.72. The first kappa shape index (κ1) is 25.9. The Balaban J connectivity index is 1.43. The van der Waals surface area contributed by atoms with Crippen LogP contribution in [0.5, 0.6) is 0 Å². The van der Waals surface area contributed by atoms with Crippen molar-refractivity contribution in [2.24, 2.45) is 4.99 Å². The maximum Gasteiger partial charge on any atom is 0.274 e. The zero-order valence-electron chi connectivity index (χ0n) is 21.9. The largest absolute Gasteiger partial charge is 0.382 e. The van der Waals surface area contributed by atoms with Crippen LogP contribution in [0.25, 0.3) is 22.2 Å². The van der Waals surface area contributed by atoms with Crippen molar-refractivity contribution in [3.63, 3.8) is 0 Å². The maximum atomic E-state index is 14.1. The minimum Gasteiger partial charge on any atom is -0.382 e. The molecule has 1 amide bonds. The van der Waals surface area contributed by atoms with E-state index in [9.17, 15) is 9.59 Å². The highest BCUT2D eigenvalue weighted by atomic mass is 32.1. The summed E-state index contributed by atoms with van der Waals surface area (Å²) < 4.78 is 1.61. The fourth-order valence-electron chi connectivity index (χ4n) is 4.62. The number of hydrogen-bond donors (Lipinski definition) is 2. The van der Waals surface area contributed by atoms with Gasteiger partial charge in [-0.15, -0.1) is 11.3 Å². The molecular weight excluding hydrogens is 534 g/mol. The predicted octanol–water partition coefficient (Wildman–Crippen LogP) is 4.53. The second-order valence-corrected chi connectivity index (χ2v) is 10.1. The van der Waals surface area contributed by atoms with E-state index in [1.807, 2.05) is 67.6 Å². The summed E-state index contributed by atoms with van der Waals surface area (Å²) in [6.45, 7) is 1.81. The number of nitrogens with two attached hydrogens (primary N) is 1. The molecule has 0 radical (unpaired) electrons. The van der Waals surface area contributed by atoms with E-state index in [-0.39, 0.29) is 17.1 Å². The van der Waals surface area contributed by atoms with Gasteiger partial charge in [0.1, 0.15) is 5.69 Å². The van der Waals surface area contributed by atoms with Crippen molar-refractivity contribution < 1.29 is 4.79 Å². The summed E-state index contributed by atoms with van der Waals surface area (Å²) >= 11 is 1.43. The Hall–Kier alpha value is -5.40. The average molecular weight is 558 g/mol. The fourth-order valence-corrected chi connectivity index (χ4v) is 5.09. The molecular formula is C31H23N7O2S. The van der Waals surface area contributed by atoms with Gasteiger partial charge in [-0.3, -0.25) is 24.1 Å². The van der Waals surface area contributed by atoms with Gasteiger partial charge in [-0.05, 0) is 42.5 Å². The molecule has 0 fully saturated rings. The number of aliphatic imine (C=N–C) groups is 1. The number of amides is 1. The van der Waals surface area contributed by atoms with Crippen LogP contribution in [0.3, 0.4) is 0 Å². The number of allylic oxidation sites excluding steroid dienone is 1. The van der Waals surface area contributed by atoms with Crippen molar-refractivity contribution in [2.45, 2.75) is 19.4 Å². The summed E-state index contributed by atoms with van der Waals surface area (Å²) in [7, 11) is 0. The van der Waals surface area contributed by atoms with Crippen molar-refractivity contribution in [2.75, 3.05) is 5.73 Å². The van der Waals surface area contributed by atoms with Crippen LogP contribution >= 0.6 is 11.3 Å². The number of hydrogen-bond acceptors (Lipinski definition) is 8. The van der Waals surface area contributed by atoms with Crippen molar-refractivity contribution in [3.05, 3.63) is 116 Å². The summed E-state index contributed by atoms with van der Waals surface area (Å²) in [5, 5.41) is 4.16. The second kappa shape index (κ2) is 11.0. The molecule has 0 aliphatic carbocycles. The van der Waals surface area contributed by atoms with E-state index in [1.165, 1.54) is 17.5 Å². The minimum absolute atomic E-state index is 0.00384. The van der Waals surface area contributed by atoms with Crippen molar-refractivity contribution >= 4 is 45.7 Å². The van der Waals surface area contributed by atoms with Gasteiger partial charge >= 0.3 is 0 Å². The predicted molar refractivity (Wildman–Crippen MR) is 161 cm³/mol. The third-order valence-corrected chi connectivity index (χ3v) is 7.25. The molecule has 1 aliphatic heterocycles. The number of nitrogens with zero attached hydrogens (tertiary/aromatic N) is 5. The number of thiazole rings is 1. The Labute approximate surface area is 239 Å². The van der Waals surface area contributed by atoms with E-state index in [2.05, 4.69) is 37.1 Å². The number of pyridine rings is 1. The van der Waals surface area contributed by atoms with Gasteiger partial charge < -0.3 is 11.1 Å². The lowest BCUT2D eigenvalue weighted by Crippen LogP contribution is -2.33. The number of benzene rings is 2. The van der Waals surface area contributed by atoms with Crippen molar-refractivity contribution in [3.8, 4) is 17.5 Å². The summed E-state index contributed by atoms with van der Waals surface area (Å²) in [5.74, 6) is 5.73. The second-order valence-electron chi connectivity index (χ2n) is 9.25. The molecule has 3 aromatic heterocycles. The molecule has 5 aromatic rings. The lowest BCUT2D eigenvalue weighted by Gasteiger charge is -2.21. The van der Waals surface area contributed by atoms with Gasteiger partial charge in [0.15, 0.2) is 11.5 Å². The smallest absolute Gasteiger partial charge is 0.274 e. The van der Waals surface area contributed by atoms with E-state index in [1.54, 1.807) is 22.5 Å². The number of anilines is 1. The molecule has 0 saturated carbocycles. The topological polar surface area (TPSA) is 128 Å². The SMILES string of the molecule is C[C@H](NC(=O)c1nc(C2=CCC=N2)cnc1N)c1cc2cccc(C#Cc3cncs3)c2c(=O)n1-c1ccccc1. The lowest BCUT2D eigenvalue weighted by atomic mass is 10.0. The minimum atomic E-state index is -0.597. The quantitative estimate of drug-likeness (QED) is 0.306. The van der Waals surface area contributed by atoms with Crippen LogP contribution in [0.4, 0.5) is 5.82 Å². The summed E-state index contributed by atoms with van der Waals surface area (Å²) in [6, 6.07) is 16.1. The zero-order valence-corrected chi connectivity index (χ0v) is 22.7. The van der Waals surface area contributed by atoms with Gasteiger partial charge in [0.2, 0.25) is 0 Å². The van der Waals surface area contributed by atoms with E-state index < -0.39 is 11.9 Å². The van der Waals surface area contributed by atoms with Crippen LogP contribution < -0.4 is 16.6 Å². The number of carbonyl (C=O) groups excluding carboxylic acids is 1. The van der Waals surface area contributed by atoms with Crippen molar-refractivity contribution in [1.29, 1.82) is 0 Å². The zero-order chi connectivity index (χ0) is 28.3. The maximum absolute atomic E-state index is 14.1. The summed E-state index contributed by atoms with van der Waals surface area (Å²) in [4.78, 5) is 45.3. The Morgan fingerprint density at radius 1 is 1.12 bits per heavy atom. The van der Waals surface area contributed by atoms with Crippen molar-refractivity contribution in [1.82, 2.24) is 24.8 Å². The van der Waals surface area contributed by atoms with Gasteiger partial charge in [-0.1, -0.05) is 42.3 Å². The Kier molecular flexibility index (Phi) is 6.93. The molecule has 0 unspecified atom stereocenters. The molecule has 1 aliphatic rings. The standard InChI is InChI=1S/C31H23N7O2S/c1-19(36-30(39)28-29(32)35-17-25(37-28)24-11-6-14-34-24)26-15-21-8-5-7-20(12-13-23-16-33-18-41-23)27(21)31(40)38(26)22-9-3-2-4-10-22/h2-5,7-11,14-19H,6H2,1H3,(H2,32,35)(H,36,39)/t19-/m0/s1. The normalized spacial score (nSPS) is 13.0. The van der Waals surface area contributed by atoms with Crippen LogP contribution in [0, 0.1) is 11.8 Å². The molecule has 200 valence electrons. The molecule has 0 bridgehead atoms. The number of nitrogen functional groups attached to an aromatic ring is 1. The third kappa shape index (κ3) is 5.14. The number of fused-ring (bicyclic) bond motifs is 1. The molecule has 6 rings (SSSR count). The number of aromatic nitrogens is 4. The van der Waals surface area contributed by atoms with Crippen LogP contribution in [-0.2, 0) is 0 Å². The van der Waals surface area contributed by atoms with E-state index >= 15 is 0 Å². The molecule has 1 atom stereocenters. The fraction of sp³-hybridized carbons (Fsp3) is 0.0968. The highest BCUT2D eigenvalue weighted by Crippen LogP contribution is 2.24. The van der Waals surface area contributed by atoms with Gasteiger partial charge in [-0.25, -0.2) is 9.97 Å².